The van der Waals surface area contributed by atoms with Crippen molar-refractivity contribution in [3.63, 3.8) is 0 Å². The molecule has 0 bridgehead atoms. The van der Waals surface area contributed by atoms with Crippen LogP contribution in [-0.2, 0) is 0 Å². The van der Waals surface area contributed by atoms with E-state index in [-0.39, 0.29) is 6.10 Å². The van der Waals surface area contributed by atoms with Crippen LogP contribution >= 0.6 is 22.9 Å². The van der Waals surface area contributed by atoms with Gasteiger partial charge in [0, 0.05) is 17.5 Å². The molecule has 0 aromatic carbocycles. The Bertz CT molecular complexity index is 355. The van der Waals surface area contributed by atoms with E-state index in [1.54, 1.807) is 11.3 Å². The average Bonchev–Trinajstić information content (AvgIpc) is 2.74. The first-order valence-corrected chi connectivity index (χ1v) is 7.53. The Morgan fingerprint density at radius 2 is 2.24 bits per heavy atom. The van der Waals surface area contributed by atoms with E-state index in [0.29, 0.717) is 12.0 Å². The molecule has 0 aliphatic heterocycles. The van der Waals surface area contributed by atoms with Crippen LogP contribution in [0.15, 0.2) is 12.1 Å². The maximum Gasteiger partial charge on any atom is 0.0931 e. The number of aliphatic hydroxyl groups excluding tert-OH is 1. The molecule has 3 unspecified atom stereocenters. The van der Waals surface area contributed by atoms with Gasteiger partial charge in [-0.15, -0.1) is 11.3 Å². The van der Waals surface area contributed by atoms with Crippen LogP contribution in [0.25, 0.3) is 0 Å². The molecule has 1 aliphatic carbocycles. The Morgan fingerprint density at radius 1 is 1.47 bits per heavy atom. The van der Waals surface area contributed by atoms with E-state index >= 15 is 0 Å². The van der Waals surface area contributed by atoms with Crippen LogP contribution in [0.2, 0.25) is 4.34 Å². The third-order valence-electron chi connectivity index (χ3n) is 3.58. The van der Waals surface area contributed by atoms with Gasteiger partial charge in [0.05, 0.1) is 10.4 Å². The van der Waals surface area contributed by atoms with Crippen molar-refractivity contribution < 1.29 is 5.11 Å². The Kier molecular flexibility index (Phi) is 4.86. The van der Waals surface area contributed by atoms with E-state index in [0.717, 1.165) is 23.7 Å². The van der Waals surface area contributed by atoms with Crippen molar-refractivity contribution >= 4 is 22.9 Å². The van der Waals surface area contributed by atoms with Crippen molar-refractivity contribution in [3.8, 4) is 0 Å². The molecule has 3 atom stereocenters. The van der Waals surface area contributed by atoms with E-state index in [9.17, 15) is 5.11 Å². The molecule has 2 nitrogen and oxygen atoms in total. The lowest BCUT2D eigenvalue weighted by Crippen LogP contribution is -2.34. The second kappa shape index (κ2) is 6.19. The zero-order valence-electron chi connectivity index (χ0n) is 10.2. The molecule has 2 rings (SSSR count). The van der Waals surface area contributed by atoms with Crippen LogP contribution in [0.5, 0.6) is 0 Å². The van der Waals surface area contributed by atoms with Gasteiger partial charge in [0.15, 0.2) is 0 Å². The summed E-state index contributed by atoms with van der Waals surface area (Å²) in [7, 11) is 0. The molecular weight excluding hydrogens is 254 g/mol. The maximum absolute atomic E-state index is 9.90. The highest BCUT2D eigenvalue weighted by molar-refractivity contribution is 7.16. The summed E-state index contributed by atoms with van der Waals surface area (Å²) in [5, 5.41) is 13.4. The lowest BCUT2D eigenvalue weighted by Gasteiger charge is -2.28. The number of rotatable bonds is 4. The van der Waals surface area contributed by atoms with Gasteiger partial charge in [0.1, 0.15) is 0 Å². The molecule has 0 radical (unpaired) electrons. The second-order valence-corrected chi connectivity index (χ2v) is 6.63. The molecule has 4 heteroatoms. The van der Waals surface area contributed by atoms with Crippen LogP contribution in [0.1, 0.15) is 43.5 Å². The molecule has 1 aromatic heterocycles. The topological polar surface area (TPSA) is 32.3 Å². The Balaban J connectivity index is 1.81. The lowest BCUT2D eigenvalue weighted by atomic mass is 9.86. The summed E-state index contributed by atoms with van der Waals surface area (Å²) in [6.45, 7) is 3.05. The molecule has 0 amide bonds. The van der Waals surface area contributed by atoms with Gasteiger partial charge in [-0.1, -0.05) is 24.4 Å². The van der Waals surface area contributed by atoms with Crippen molar-refractivity contribution in [2.75, 3.05) is 6.54 Å². The standard InChI is InChI=1S/C13H20ClNOS/c1-9(12-6-7-13(14)17-12)15-8-10-4-2-3-5-11(10)16/h6-7,9-11,15-16H,2-5,8H2,1H3. The fourth-order valence-corrected chi connectivity index (χ4v) is 3.50. The summed E-state index contributed by atoms with van der Waals surface area (Å²) in [5.74, 6) is 0.418. The van der Waals surface area contributed by atoms with E-state index in [4.69, 9.17) is 11.6 Å². The number of thiophene rings is 1. The van der Waals surface area contributed by atoms with Gasteiger partial charge in [-0.05, 0) is 37.8 Å². The third-order valence-corrected chi connectivity index (χ3v) is 4.99. The quantitative estimate of drug-likeness (QED) is 0.879. The fraction of sp³-hybridized carbons (Fsp3) is 0.692. The van der Waals surface area contributed by atoms with Gasteiger partial charge >= 0.3 is 0 Å². The van der Waals surface area contributed by atoms with Gasteiger partial charge in [0.25, 0.3) is 0 Å². The lowest BCUT2D eigenvalue weighted by molar-refractivity contribution is 0.0684. The number of aliphatic hydroxyl groups is 1. The minimum atomic E-state index is -0.115. The van der Waals surface area contributed by atoms with Gasteiger partial charge in [-0.2, -0.15) is 0 Å². The van der Waals surface area contributed by atoms with Gasteiger partial charge < -0.3 is 10.4 Å². The second-order valence-electron chi connectivity index (χ2n) is 4.88. The SMILES string of the molecule is CC(NCC1CCCCC1O)c1ccc(Cl)s1. The molecule has 17 heavy (non-hydrogen) atoms. The zero-order chi connectivity index (χ0) is 12.3. The van der Waals surface area contributed by atoms with E-state index in [2.05, 4.69) is 18.3 Å². The monoisotopic (exact) mass is 273 g/mol. The Labute approximate surface area is 112 Å². The van der Waals surface area contributed by atoms with Crippen molar-refractivity contribution in [1.82, 2.24) is 5.32 Å². The smallest absolute Gasteiger partial charge is 0.0931 e. The Hall–Kier alpha value is -0.0900. The molecule has 1 saturated carbocycles. The molecule has 1 aromatic rings. The number of nitrogens with one attached hydrogen (secondary N) is 1. The normalized spacial score (nSPS) is 27.0. The summed E-state index contributed by atoms with van der Waals surface area (Å²) < 4.78 is 0.839. The minimum absolute atomic E-state index is 0.115. The van der Waals surface area contributed by atoms with Crippen LogP contribution in [0.4, 0.5) is 0 Å². The fourth-order valence-electron chi connectivity index (χ4n) is 2.42. The first-order valence-electron chi connectivity index (χ1n) is 6.33. The van der Waals surface area contributed by atoms with Crippen molar-refractivity contribution in [3.05, 3.63) is 21.3 Å². The zero-order valence-corrected chi connectivity index (χ0v) is 11.7. The molecular formula is C13H20ClNOS. The molecule has 1 aliphatic rings. The van der Waals surface area contributed by atoms with E-state index < -0.39 is 0 Å². The largest absolute Gasteiger partial charge is 0.393 e. The van der Waals surface area contributed by atoms with Crippen LogP contribution in [0.3, 0.4) is 0 Å². The molecule has 96 valence electrons. The average molecular weight is 274 g/mol. The number of halogens is 1. The van der Waals surface area contributed by atoms with Crippen LogP contribution in [0, 0.1) is 5.92 Å². The van der Waals surface area contributed by atoms with Gasteiger partial charge in [-0.25, -0.2) is 0 Å². The molecule has 0 saturated heterocycles. The highest BCUT2D eigenvalue weighted by Gasteiger charge is 2.23. The summed E-state index contributed by atoms with van der Waals surface area (Å²) >= 11 is 7.55. The van der Waals surface area contributed by atoms with E-state index in [1.165, 1.54) is 17.7 Å². The van der Waals surface area contributed by atoms with Crippen LogP contribution in [-0.4, -0.2) is 17.8 Å². The van der Waals surface area contributed by atoms with Crippen LogP contribution < -0.4 is 5.32 Å². The summed E-state index contributed by atoms with van der Waals surface area (Å²) in [6, 6.07) is 4.33. The molecule has 1 heterocycles. The number of hydrogen-bond donors (Lipinski definition) is 2. The van der Waals surface area contributed by atoms with E-state index in [1.807, 2.05) is 6.07 Å². The van der Waals surface area contributed by atoms with Crippen molar-refractivity contribution in [1.29, 1.82) is 0 Å². The third kappa shape index (κ3) is 3.68. The maximum atomic E-state index is 9.90. The molecule has 1 fully saturated rings. The molecule has 0 spiro atoms. The summed E-state index contributed by atoms with van der Waals surface area (Å²) in [5.41, 5.74) is 0. The first kappa shape index (κ1) is 13.3. The highest BCUT2D eigenvalue weighted by Crippen LogP contribution is 2.28. The minimum Gasteiger partial charge on any atom is -0.393 e. The highest BCUT2D eigenvalue weighted by atomic mass is 35.5. The summed E-state index contributed by atoms with van der Waals surface area (Å²) in [6.07, 6.45) is 4.42. The molecule has 2 N–H and O–H groups in total. The Morgan fingerprint density at radius 3 is 2.88 bits per heavy atom. The van der Waals surface area contributed by atoms with Crippen molar-refractivity contribution in [2.24, 2.45) is 5.92 Å². The number of hydrogen-bond acceptors (Lipinski definition) is 3. The predicted octanol–water partition coefficient (Wildman–Crippen LogP) is 3.60. The first-order chi connectivity index (χ1) is 8.16. The van der Waals surface area contributed by atoms with Gasteiger partial charge in [0.2, 0.25) is 0 Å². The van der Waals surface area contributed by atoms with Gasteiger partial charge in [-0.3, -0.25) is 0 Å². The van der Waals surface area contributed by atoms with Crippen molar-refractivity contribution in [2.45, 2.75) is 44.8 Å². The predicted molar refractivity (Wildman–Crippen MR) is 73.7 cm³/mol. The summed E-state index contributed by atoms with van der Waals surface area (Å²) in [4.78, 5) is 1.26.